The van der Waals surface area contributed by atoms with Crippen molar-refractivity contribution in [2.75, 3.05) is 0 Å². The van der Waals surface area contributed by atoms with E-state index in [0.29, 0.717) is 0 Å². The van der Waals surface area contributed by atoms with Gasteiger partial charge in [0, 0.05) is 32.7 Å². The molecule has 1 aromatic carbocycles. The van der Waals surface area contributed by atoms with E-state index in [1.165, 1.54) is 16.5 Å². The minimum absolute atomic E-state index is 0. The van der Waals surface area contributed by atoms with Gasteiger partial charge in [0.25, 0.3) is 0 Å². The van der Waals surface area contributed by atoms with E-state index in [2.05, 4.69) is 30.1 Å². The summed E-state index contributed by atoms with van der Waals surface area (Å²) >= 11 is 0. The van der Waals surface area contributed by atoms with E-state index < -0.39 is 0 Å². The monoisotopic (exact) mass is 233 g/mol. The van der Waals surface area contributed by atoms with Crippen LogP contribution < -0.4 is 0 Å². The molecule has 2 rings (SSSR count). The van der Waals surface area contributed by atoms with Crippen molar-refractivity contribution < 1.29 is 32.7 Å². The van der Waals surface area contributed by atoms with Crippen molar-refractivity contribution in [2.24, 2.45) is 0 Å². The molecular weight excluding hydrogens is 223 g/mol. The van der Waals surface area contributed by atoms with E-state index in [-0.39, 0.29) is 32.7 Å². The summed E-state index contributed by atoms with van der Waals surface area (Å²) in [5, 5.41) is 1.28. The Hall–Kier alpha value is -0.136. The molecule has 0 saturated heterocycles. The van der Waals surface area contributed by atoms with Gasteiger partial charge in [-0.1, -0.05) is 24.9 Å². The fourth-order valence-corrected chi connectivity index (χ4v) is 1.24. The summed E-state index contributed by atoms with van der Waals surface area (Å²) in [7, 11) is 0. The molecule has 1 aromatic heterocycles. The van der Waals surface area contributed by atoms with Crippen LogP contribution in [0.3, 0.4) is 0 Å². The molecule has 2 aromatic rings. The molecular formula is C10H10NY-. The van der Waals surface area contributed by atoms with Crippen molar-refractivity contribution in [1.82, 2.24) is 4.98 Å². The van der Waals surface area contributed by atoms with E-state index in [9.17, 15) is 0 Å². The zero-order chi connectivity index (χ0) is 7.68. The van der Waals surface area contributed by atoms with Crippen molar-refractivity contribution in [1.29, 1.82) is 0 Å². The average molecular weight is 233 g/mol. The molecule has 12 heavy (non-hydrogen) atoms. The molecule has 0 bridgehead atoms. The van der Waals surface area contributed by atoms with Crippen molar-refractivity contribution in [3.63, 3.8) is 0 Å². The standard InChI is InChI=1S/C10H10N.Y/c1-2-8-3-4-10-9(7-8)5-6-11-10;/h4-7,11H,2H2,1H3;/q-1;. The largest absolute Gasteiger partial charge is 0.414 e. The van der Waals surface area contributed by atoms with E-state index in [1.54, 1.807) is 0 Å². The summed E-state index contributed by atoms with van der Waals surface area (Å²) in [6.07, 6.45) is 3.01. The summed E-state index contributed by atoms with van der Waals surface area (Å²) in [5.74, 6) is 0. The van der Waals surface area contributed by atoms with Crippen LogP contribution in [0.15, 0.2) is 24.4 Å². The Morgan fingerprint density at radius 1 is 1.50 bits per heavy atom. The summed E-state index contributed by atoms with van der Waals surface area (Å²) in [6, 6.07) is 9.48. The smallest absolute Gasteiger partial charge is 0 e. The molecule has 0 aliphatic heterocycles. The van der Waals surface area contributed by atoms with Gasteiger partial charge in [0.15, 0.2) is 0 Å². The first-order valence-corrected chi connectivity index (χ1v) is 3.88. The third kappa shape index (κ3) is 1.78. The number of nitrogens with one attached hydrogen (secondary N) is 1. The van der Waals surface area contributed by atoms with Crippen LogP contribution in [0.2, 0.25) is 0 Å². The van der Waals surface area contributed by atoms with Gasteiger partial charge in [-0.05, 0) is 6.20 Å². The quantitative estimate of drug-likeness (QED) is 0.728. The first-order chi connectivity index (χ1) is 5.40. The molecule has 1 nitrogen and oxygen atoms in total. The predicted octanol–water partition coefficient (Wildman–Crippen LogP) is 2.53. The molecule has 0 atom stereocenters. The van der Waals surface area contributed by atoms with Crippen LogP contribution in [0.25, 0.3) is 10.9 Å². The first kappa shape index (κ1) is 9.95. The van der Waals surface area contributed by atoms with Gasteiger partial charge in [0.05, 0.1) is 0 Å². The predicted molar refractivity (Wildman–Crippen MR) is 46.5 cm³/mol. The van der Waals surface area contributed by atoms with Crippen LogP contribution in [-0.2, 0) is 39.1 Å². The molecule has 1 radical (unpaired) electrons. The molecule has 0 aliphatic rings. The number of aromatic nitrogens is 1. The molecule has 0 fully saturated rings. The van der Waals surface area contributed by atoms with Gasteiger partial charge < -0.3 is 4.98 Å². The minimum Gasteiger partial charge on any atom is -0.414 e. The van der Waals surface area contributed by atoms with Gasteiger partial charge in [-0.15, -0.1) is 5.39 Å². The van der Waals surface area contributed by atoms with Gasteiger partial charge in [0.2, 0.25) is 0 Å². The molecule has 59 valence electrons. The van der Waals surface area contributed by atoms with Crippen LogP contribution in [-0.4, -0.2) is 4.98 Å². The molecule has 1 N–H and O–H groups in total. The maximum Gasteiger partial charge on any atom is 0 e. The summed E-state index contributed by atoms with van der Waals surface area (Å²) in [4.78, 5) is 3.14. The SMILES string of the molecule is CCc1[c-]cc2[nH]ccc2c1.[Y]. The van der Waals surface area contributed by atoms with Gasteiger partial charge in [-0.3, -0.25) is 0 Å². The first-order valence-electron chi connectivity index (χ1n) is 3.88. The zero-order valence-electron chi connectivity index (χ0n) is 7.09. The third-order valence-corrected chi connectivity index (χ3v) is 1.93. The van der Waals surface area contributed by atoms with Crippen molar-refractivity contribution in [3.05, 3.63) is 36.0 Å². The molecule has 0 amide bonds. The number of aryl methyl sites for hydroxylation is 1. The number of hydrogen-bond acceptors (Lipinski definition) is 0. The van der Waals surface area contributed by atoms with Crippen LogP contribution >= 0.6 is 0 Å². The van der Waals surface area contributed by atoms with Gasteiger partial charge in [-0.2, -0.15) is 23.8 Å². The molecule has 2 heteroatoms. The summed E-state index contributed by atoms with van der Waals surface area (Å²) in [5.41, 5.74) is 2.44. The number of benzene rings is 1. The van der Waals surface area contributed by atoms with Crippen molar-refractivity contribution >= 4 is 10.9 Å². The van der Waals surface area contributed by atoms with Crippen LogP contribution in [0.4, 0.5) is 0 Å². The number of fused-ring (bicyclic) bond motifs is 1. The topological polar surface area (TPSA) is 15.8 Å². The fourth-order valence-electron chi connectivity index (χ4n) is 1.24. The fraction of sp³-hybridized carbons (Fsp3) is 0.200. The number of H-pyrrole nitrogens is 1. The van der Waals surface area contributed by atoms with Gasteiger partial charge in [-0.25, -0.2) is 0 Å². The Kier molecular flexibility index (Phi) is 3.48. The Bertz CT molecular complexity index is 365. The van der Waals surface area contributed by atoms with Crippen molar-refractivity contribution in [3.8, 4) is 0 Å². The van der Waals surface area contributed by atoms with E-state index in [0.717, 1.165) is 6.42 Å². The average Bonchev–Trinajstić information content (AvgIpc) is 2.50. The number of rotatable bonds is 1. The molecule has 0 unspecified atom stereocenters. The molecule has 0 saturated carbocycles. The van der Waals surface area contributed by atoms with E-state index >= 15 is 0 Å². The second kappa shape index (κ2) is 4.20. The maximum absolute atomic E-state index is 3.22. The Morgan fingerprint density at radius 3 is 3.08 bits per heavy atom. The zero-order valence-corrected chi connectivity index (χ0v) is 9.93. The van der Waals surface area contributed by atoms with E-state index in [4.69, 9.17) is 0 Å². The van der Waals surface area contributed by atoms with Gasteiger partial charge in [0.1, 0.15) is 0 Å². The third-order valence-electron chi connectivity index (χ3n) is 1.93. The Balaban J connectivity index is 0.000000720. The minimum atomic E-state index is 0. The van der Waals surface area contributed by atoms with Crippen LogP contribution in [0, 0.1) is 6.07 Å². The Labute approximate surface area is 97.4 Å². The Morgan fingerprint density at radius 2 is 2.33 bits per heavy atom. The van der Waals surface area contributed by atoms with Gasteiger partial charge >= 0.3 is 0 Å². The van der Waals surface area contributed by atoms with Crippen molar-refractivity contribution in [2.45, 2.75) is 13.3 Å². The second-order valence-corrected chi connectivity index (χ2v) is 2.66. The van der Waals surface area contributed by atoms with E-state index in [1.807, 2.05) is 12.3 Å². The van der Waals surface area contributed by atoms with Crippen LogP contribution in [0.5, 0.6) is 0 Å². The normalized spacial score (nSPS) is 9.75. The maximum atomic E-state index is 3.22. The summed E-state index contributed by atoms with van der Waals surface area (Å²) < 4.78 is 0. The molecule has 0 aliphatic carbocycles. The summed E-state index contributed by atoms with van der Waals surface area (Å²) in [6.45, 7) is 2.14. The number of hydrogen-bond donors (Lipinski definition) is 1. The molecule has 0 spiro atoms. The number of aromatic amines is 1. The second-order valence-electron chi connectivity index (χ2n) is 2.66. The molecule has 1 heterocycles. The van der Waals surface area contributed by atoms with Crippen LogP contribution in [0.1, 0.15) is 12.5 Å².